The van der Waals surface area contributed by atoms with Crippen LogP contribution in [0.2, 0.25) is 0 Å². The van der Waals surface area contributed by atoms with Gasteiger partial charge in [-0.3, -0.25) is 9.78 Å². The molecular weight excluding hydrogens is 335 g/mol. The topological polar surface area (TPSA) is 62.5 Å². The number of carbonyl (C=O) groups is 1. The van der Waals surface area contributed by atoms with Gasteiger partial charge in [-0.2, -0.15) is 0 Å². The Kier molecular flexibility index (Phi) is 9.51. The van der Waals surface area contributed by atoms with E-state index >= 15 is 0 Å². The monoisotopic (exact) mass is 362 g/mol. The van der Waals surface area contributed by atoms with E-state index in [1.807, 2.05) is 18.0 Å². The smallest absolute Gasteiger partial charge is 0.228 e. The number of pyridine rings is 1. The molecule has 0 aromatic carbocycles. The van der Waals surface area contributed by atoms with E-state index in [0.29, 0.717) is 24.2 Å². The van der Waals surface area contributed by atoms with Gasteiger partial charge in [0.25, 0.3) is 0 Å². The minimum Gasteiger partial charge on any atom is -0.397 e. The van der Waals surface area contributed by atoms with Crippen molar-refractivity contribution in [3.63, 3.8) is 0 Å². The lowest BCUT2D eigenvalue weighted by molar-refractivity contribution is -0.132. The first kappa shape index (κ1) is 22.0. The number of aromatic nitrogens is 1. The van der Waals surface area contributed by atoms with Crippen LogP contribution in [0.3, 0.4) is 0 Å². The molecule has 5 nitrogen and oxygen atoms in total. The Balaban J connectivity index is 0.00000242. The van der Waals surface area contributed by atoms with Crippen LogP contribution in [0, 0.1) is 0 Å². The molecule has 7 heteroatoms. The van der Waals surface area contributed by atoms with Crippen LogP contribution >= 0.6 is 24.8 Å². The summed E-state index contributed by atoms with van der Waals surface area (Å²) in [5.74, 6) is 0.135. The number of amides is 1. The van der Waals surface area contributed by atoms with Gasteiger partial charge in [0.05, 0.1) is 18.3 Å². The summed E-state index contributed by atoms with van der Waals surface area (Å²) in [7, 11) is 1.91. The van der Waals surface area contributed by atoms with Crippen LogP contribution in [0.5, 0.6) is 0 Å². The molecule has 0 saturated carbocycles. The molecule has 1 aliphatic heterocycles. The highest BCUT2D eigenvalue weighted by atomic mass is 35.5. The standard InChI is InChI=1S/C16H26N4O.2ClH/c1-12(2)20-8-6-15(7-9-20)19(3)16(21)10-14-5-4-13(17)11-18-14;;/h4-5,11-12,15H,6-10,17H2,1-3H3;2*1H. The number of hydrogen-bond donors (Lipinski definition) is 1. The van der Waals surface area contributed by atoms with E-state index < -0.39 is 0 Å². The Morgan fingerprint density at radius 3 is 2.43 bits per heavy atom. The van der Waals surface area contributed by atoms with Crippen LogP contribution in [0.1, 0.15) is 32.4 Å². The molecule has 1 fully saturated rings. The second-order valence-electron chi connectivity index (χ2n) is 6.13. The van der Waals surface area contributed by atoms with Crippen molar-refractivity contribution in [1.82, 2.24) is 14.8 Å². The number of piperidine rings is 1. The average molecular weight is 363 g/mol. The molecule has 132 valence electrons. The van der Waals surface area contributed by atoms with Crippen LogP contribution in [0.25, 0.3) is 0 Å². The molecule has 2 N–H and O–H groups in total. The van der Waals surface area contributed by atoms with Gasteiger partial charge >= 0.3 is 0 Å². The summed E-state index contributed by atoms with van der Waals surface area (Å²) < 4.78 is 0. The molecule has 2 rings (SSSR count). The molecule has 1 aromatic rings. The summed E-state index contributed by atoms with van der Waals surface area (Å²) in [6, 6.07) is 4.55. The fourth-order valence-electron chi connectivity index (χ4n) is 2.81. The lowest BCUT2D eigenvalue weighted by Gasteiger charge is -2.38. The SMILES string of the molecule is CC(C)N1CCC(N(C)C(=O)Cc2ccc(N)cn2)CC1.Cl.Cl. The third kappa shape index (κ3) is 6.16. The van der Waals surface area contributed by atoms with Gasteiger partial charge in [0.2, 0.25) is 5.91 Å². The van der Waals surface area contributed by atoms with E-state index in [9.17, 15) is 4.79 Å². The van der Waals surface area contributed by atoms with Gasteiger partial charge < -0.3 is 15.5 Å². The lowest BCUT2D eigenvalue weighted by atomic mass is 10.0. The van der Waals surface area contributed by atoms with Gasteiger partial charge in [0, 0.05) is 37.9 Å². The number of carbonyl (C=O) groups excluding carboxylic acids is 1. The molecule has 23 heavy (non-hydrogen) atoms. The molecule has 0 atom stereocenters. The Bertz CT molecular complexity index is 473. The van der Waals surface area contributed by atoms with Crippen LogP contribution < -0.4 is 5.73 Å². The third-order valence-electron chi connectivity index (χ3n) is 4.35. The van der Waals surface area contributed by atoms with Crippen LogP contribution in [-0.4, -0.2) is 52.9 Å². The van der Waals surface area contributed by atoms with E-state index in [1.54, 1.807) is 12.3 Å². The van der Waals surface area contributed by atoms with Crippen molar-refractivity contribution in [3.05, 3.63) is 24.0 Å². The summed E-state index contributed by atoms with van der Waals surface area (Å²) in [6.07, 6.45) is 4.05. The van der Waals surface area contributed by atoms with Gasteiger partial charge in [-0.1, -0.05) is 0 Å². The van der Waals surface area contributed by atoms with Crippen molar-refractivity contribution in [2.45, 2.75) is 45.2 Å². The van der Waals surface area contributed by atoms with Gasteiger partial charge in [-0.05, 0) is 38.8 Å². The van der Waals surface area contributed by atoms with Crippen molar-refractivity contribution in [1.29, 1.82) is 0 Å². The van der Waals surface area contributed by atoms with Crippen molar-refractivity contribution >= 4 is 36.4 Å². The molecule has 1 aromatic heterocycles. The normalized spacial score (nSPS) is 15.7. The maximum Gasteiger partial charge on any atom is 0.228 e. The first-order valence-electron chi connectivity index (χ1n) is 7.67. The zero-order chi connectivity index (χ0) is 15.4. The molecule has 0 aliphatic carbocycles. The van der Waals surface area contributed by atoms with Crippen molar-refractivity contribution in [3.8, 4) is 0 Å². The number of likely N-dealkylation sites (tertiary alicyclic amines) is 1. The third-order valence-corrected chi connectivity index (χ3v) is 4.35. The van der Waals surface area contributed by atoms with Crippen molar-refractivity contribution in [2.75, 3.05) is 25.9 Å². The summed E-state index contributed by atoms with van der Waals surface area (Å²) in [5, 5.41) is 0. The molecule has 2 heterocycles. The minimum atomic E-state index is 0. The number of nitrogen functional groups attached to an aromatic ring is 1. The van der Waals surface area contributed by atoms with E-state index in [2.05, 4.69) is 23.7 Å². The van der Waals surface area contributed by atoms with E-state index in [-0.39, 0.29) is 30.7 Å². The predicted octanol–water partition coefficient (Wildman–Crippen LogP) is 2.38. The van der Waals surface area contributed by atoms with E-state index in [1.165, 1.54) is 0 Å². The number of nitrogens with zero attached hydrogens (tertiary/aromatic N) is 3. The van der Waals surface area contributed by atoms with E-state index in [0.717, 1.165) is 31.6 Å². The van der Waals surface area contributed by atoms with Crippen molar-refractivity contribution in [2.24, 2.45) is 0 Å². The predicted molar refractivity (Wildman–Crippen MR) is 99.4 cm³/mol. The lowest BCUT2D eigenvalue weighted by Crippen LogP contribution is -2.47. The second kappa shape index (κ2) is 9.96. The highest BCUT2D eigenvalue weighted by molar-refractivity contribution is 5.85. The Labute approximate surface area is 151 Å². The second-order valence-corrected chi connectivity index (χ2v) is 6.13. The number of nitrogens with two attached hydrogens (primary N) is 1. The zero-order valence-electron chi connectivity index (χ0n) is 14.1. The number of likely N-dealkylation sites (N-methyl/N-ethyl adjacent to an activating group) is 1. The summed E-state index contributed by atoms with van der Waals surface area (Å²) in [6.45, 7) is 6.59. The summed E-state index contributed by atoms with van der Waals surface area (Å²) in [5.41, 5.74) is 7.01. The average Bonchev–Trinajstić information content (AvgIpc) is 2.49. The Morgan fingerprint density at radius 1 is 1.35 bits per heavy atom. The number of anilines is 1. The van der Waals surface area contributed by atoms with Crippen LogP contribution in [-0.2, 0) is 11.2 Å². The number of halogens is 2. The van der Waals surface area contributed by atoms with Gasteiger partial charge in [-0.15, -0.1) is 24.8 Å². The molecule has 1 amide bonds. The highest BCUT2D eigenvalue weighted by Crippen LogP contribution is 2.18. The maximum absolute atomic E-state index is 12.4. The molecule has 0 spiro atoms. The maximum atomic E-state index is 12.4. The van der Waals surface area contributed by atoms with Gasteiger partial charge in [0.1, 0.15) is 0 Å². The first-order chi connectivity index (χ1) is 9.97. The Morgan fingerprint density at radius 2 is 1.96 bits per heavy atom. The fourth-order valence-corrected chi connectivity index (χ4v) is 2.81. The summed E-state index contributed by atoms with van der Waals surface area (Å²) >= 11 is 0. The first-order valence-corrected chi connectivity index (χ1v) is 7.67. The highest BCUT2D eigenvalue weighted by Gasteiger charge is 2.26. The van der Waals surface area contributed by atoms with Crippen LogP contribution in [0.4, 0.5) is 5.69 Å². The fraction of sp³-hybridized carbons (Fsp3) is 0.625. The van der Waals surface area contributed by atoms with Gasteiger partial charge in [0.15, 0.2) is 0 Å². The largest absolute Gasteiger partial charge is 0.397 e. The molecular formula is C16H28Cl2N4O. The van der Waals surface area contributed by atoms with Gasteiger partial charge in [-0.25, -0.2) is 0 Å². The summed E-state index contributed by atoms with van der Waals surface area (Å²) in [4.78, 5) is 20.9. The Hall–Kier alpha value is -1.04. The molecule has 1 saturated heterocycles. The van der Waals surface area contributed by atoms with E-state index in [4.69, 9.17) is 5.73 Å². The number of rotatable bonds is 4. The molecule has 0 unspecified atom stereocenters. The molecule has 1 aliphatic rings. The van der Waals surface area contributed by atoms with Crippen LogP contribution in [0.15, 0.2) is 18.3 Å². The van der Waals surface area contributed by atoms with Crippen molar-refractivity contribution < 1.29 is 4.79 Å². The molecule has 0 bridgehead atoms. The minimum absolute atomic E-state index is 0. The number of hydrogen-bond acceptors (Lipinski definition) is 4. The molecule has 0 radical (unpaired) electrons. The zero-order valence-corrected chi connectivity index (χ0v) is 15.7. The quantitative estimate of drug-likeness (QED) is 0.892.